The normalized spacial score (nSPS) is 14.1. The highest BCUT2D eigenvalue weighted by Crippen LogP contribution is 2.05. The topological polar surface area (TPSA) is 48.9 Å². The number of guanidine groups is 1. The molecule has 0 saturated heterocycles. The minimum Gasteiger partial charge on any atom is -0.383 e. The summed E-state index contributed by atoms with van der Waals surface area (Å²) in [6, 6.07) is 1.43. The lowest BCUT2D eigenvalue weighted by Gasteiger charge is -2.30. The monoisotopic (exact) mass is 300 g/mol. The predicted octanol–water partition coefficient (Wildman–Crippen LogP) is 2.09. The van der Waals surface area contributed by atoms with Gasteiger partial charge in [0.1, 0.15) is 0 Å². The first-order chi connectivity index (χ1) is 9.92. The van der Waals surface area contributed by atoms with Crippen LogP contribution in [0, 0.1) is 0 Å². The number of nitrogens with zero attached hydrogens (tertiary/aromatic N) is 2. The molecule has 0 aliphatic heterocycles. The Hall–Kier alpha value is -0.810. The lowest BCUT2D eigenvalue weighted by molar-refractivity contribution is 0.174. The fourth-order valence-electron chi connectivity index (χ4n) is 2.40. The van der Waals surface area contributed by atoms with Crippen molar-refractivity contribution in [3.8, 4) is 0 Å². The molecular weight excluding hydrogens is 264 g/mol. The van der Waals surface area contributed by atoms with E-state index in [-0.39, 0.29) is 6.04 Å². The molecule has 0 aromatic carbocycles. The molecular formula is C16H36N4O. The van der Waals surface area contributed by atoms with Gasteiger partial charge in [0, 0.05) is 44.9 Å². The van der Waals surface area contributed by atoms with Gasteiger partial charge in [-0.25, -0.2) is 0 Å². The highest BCUT2D eigenvalue weighted by Gasteiger charge is 2.12. The Bertz CT molecular complexity index is 271. The number of hydrogen-bond acceptors (Lipinski definition) is 3. The van der Waals surface area contributed by atoms with Gasteiger partial charge in [0.15, 0.2) is 5.96 Å². The quantitative estimate of drug-likeness (QED) is 0.368. The molecule has 0 rings (SSSR count). The minimum absolute atomic E-state index is 0.260. The third kappa shape index (κ3) is 9.69. The Labute approximate surface area is 131 Å². The van der Waals surface area contributed by atoms with Gasteiger partial charge >= 0.3 is 0 Å². The molecule has 0 amide bonds. The number of hydrogen-bond donors (Lipinski definition) is 2. The Balaban J connectivity index is 4.25. The van der Waals surface area contributed by atoms with Crippen molar-refractivity contribution in [3.05, 3.63) is 0 Å². The summed E-state index contributed by atoms with van der Waals surface area (Å²) in [6.45, 7) is 16.7. The minimum atomic E-state index is 0.260. The van der Waals surface area contributed by atoms with Crippen LogP contribution in [0.1, 0.15) is 48.0 Å². The molecule has 126 valence electrons. The van der Waals surface area contributed by atoms with Gasteiger partial charge in [-0.2, -0.15) is 0 Å². The summed E-state index contributed by atoms with van der Waals surface area (Å²) in [4.78, 5) is 7.14. The van der Waals surface area contributed by atoms with E-state index in [2.05, 4.69) is 62.1 Å². The molecule has 0 aliphatic rings. The van der Waals surface area contributed by atoms with Gasteiger partial charge in [0.05, 0.1) is 6.61 Å². The van der Waals surface area contributed by atoms with Crippen LogP contribution >= 0.6 is 0 Å². The molecule has 2 N–H and O–H groups in total. The van der Waals surface area contributed by atoms with E-state index in [0.29, 0.717) is 18.7 Å². The summed E-state index contributed by atoms with van der Waals surface area (Å²) in [5.41, 5.74) is 0. The molecule has 0 spiro atoms. The summed E-state index contributed by atoms with van der Waals surface area (Å²) in [7, 11) is 1.72. The zero-order valence-corrected chi connectivity index (χ0v) is 15.1. The Kier molecular flexibility index (Phi) is 11.4. The van der Waals surface area contributed by atoms with Crippen LogP contribution in [0.25, 0.3) is 0 Å². The Morgan fingerprint density at radius 2 is 1.76 bits per heavy atom. The van der Waals surface area contributed by atoms with Crippen molar-refractivity contribution in [2.45, 2.75) is 66.1 Å². The molecule has 1 unspecified atom stereocenters. The van der Waals surface area contributed by atoms with Crippen LogP contribution in [0.15, 0.2) is 4.99 Å². The van der Waals surface area contributed by atoms with Crippen LogP contribution in [-0.2, 0) is 4.74 Å². The maximum atomic E-state index is 5.14. The molecule has 0 fully saturated rings. The van der Waals surface area contributed by atoms with Crippen molar-refractivity contribution in [3.63, 3.8) is 0 Å². The van der Waals surface area contributed by atoms with Gasteiger partial charge in [0.2, 0.25) is 0 Å². The zero-order valence-electron chi connectivity index (χ0n) is 15.1. The van der Waals surface area contributed by atoms with E-state index in [1.54, 1.807) is 7.11 Å². The van der Waals surface area contributed by atoms with E-state index < -0.39 is 0 Å². The molecule has 5 nitrogen and oxygen atoms in total. The SMILES string of the molecule is CCNC(=NCCCN(C(C)C)C(C)C)NC(C)COC. The third-order valence-corrected chi connectivity index (χ3v) is 3.31. The van der Waals surface area contributed by atoms with Gasteiger partial charge in [-0.1, -0.05) is 0 Å². The largest absolute Gasteiger partial charge is 0.383 e. The fourth-order valence-corrected chi connectivity index (χ4v) is 2.40. The second kappa shape index (κ2) is 11.8. The summed E-state index contributed by atoms with van der Waals surface area (Å²) in [5, 5.41) is 6.63. The van der Waals surface area contributed by atoms with Crippen molar-refractivity contribution < 1.29 is 4.74 Å². The number of ether oxygens (including phenoxy) is 1. The maximum absolute atomic E-state index is 5.14. The van der Waals surface area contributed by atoms with Crippen molar-refractivity contribution in [2.24, 2.45) is 4.99 Å². The molecule has 0 aromatic rings. The first-order valence-corrected chi connectivity index (χ1v) is 8.21. The van der Waals surface area contributed by atoms with E-state index in [0.717, 1.165) is 32.0 Å². The maximum Gasteiger partial charge on any atom is 0.191 e. The van der Waals surface area contributed by atoms with E-state index in [4.69, 9.17) is 4.74 Å². The van der Waals surface area contributed by atoms with Crippen LogP contribution in [0.4, 0.5) is 0 Å². The lowest BCUT2D eigenvalue weighted by Crippen LogP contribution is -2.44. The van der Waals surface area contributed by atoms with Crippen molar-refractivity contribution in [1.29, 1.82) is 0 Å². The standard InChI is InChI=1S/C16H36N4O/c1-8-17-16(19-15(6)12-21-7)18-10-9-11-20(13(2)3)14(4)5/h13-15H,8-12H2,1-7H3,(H2,17,18,19). The van der Waals surface area contributed by atoms with Crippen LogP contribution < -0.4 is 10.6 Å². The van der Waals surface area contributed by atoms with Crippen LogP contribution in [-0.4, -0.2) is 62.3 Å². The summed E-state index contributed by atoms with van der Waals surface area (Å²) < 4.78 is 5.14. The van der Waals surface area contributed by atoms with Crippen molar-refractivity contribution >= 4 is 5.96 Å². The average molecular weight is 300 g/mol. The van der Waals surface area contributed by atoms with Crippen molar-refractivity contribution in [2.75, 3.05) is 33.4 Å². The lowest BCUT2D eigenvalue weighted by atomic mass is 10.2. The van der Waals surface area contributed by atoms with Gasteiger partial charge in [-0.15, -0.1) is 0 Å². The molecule has 0 saturated carbocycles. The fraction of sp³-hybridized carbons (Fsp3) is 0.938. The molecule has 1 atom stereocenters. The van der Waals surface area contributed by atoms with Gasteiger partial charge in [-0.3, -0.25) is 9.89 Å². The third-order valence-electron chi connectivity index (χ3n) is 3.31. The van der Waals surface area contributed by atoms with Crippen LogP contribution in [0.2, 0.25) is 0 Å². The average Bonchev–Trinajstić information content (AvgIpc) is 2.37. The van der Waals surface area contributed by atoms with Crippen molar-refractivity contribution in [1.82, 2.24) is 15.5 Å². The molecule has 21 heavy (non-hydrogen) atoms. The van der Waals surface area contributed by atoms with Crippen LogP contribution in [0.5, 0.6) is 0 Å². The number of nitrogens with one attached hydrogen (secondary N) is 2. The Morgan fingerprint density at radius 1 is 1.14 bits per heavy atom. The van der Waals surface area contributed by atoms with E-state index in [1.165, 1.54) is 0 Å². The van der Waals surface area contributed by atoms with Gasteiger partial charge in [-0.05, 0) is 48.0 Å². The first kappa shape index (κ1) is 20.2. The van der Waals surface area contributed by atoms with Gasteiger partial charge in [0.25, 0.3) is 0 Å². The van der Waals surface area contributed by atoms with Crippen LogP contribution in [0.3, 0.4) is 0 Å². The summed E-state index contributed by atoms with van der Waals surface area (Å²) >= 11 is 0. The summed E-state index contributed by atoms with van der Waals surface area (Å²) in [6.07, 6.45) is 1.07. The smallest absolute Gasteiger partial charge is 0.191 e. The first-order valence-electron chi connectivity index (χ1n) is 8.21. The highest BCUT2D eigenvalue weighted by atomic mass is 16.5. The second-order valence-electron chi connectivity index (χ2n) is 6.04. The van der Waals surface area contributed by atoms with E-state index >= 15 is 0 Å². The van der Waals surface area contributed by atoms with E-state index in [1.807, 2.05) is 0 Å². The molecule has 5 heteroatoms. The number of rotatable bonds is 10. The number of aliphatic imine (C=N–C) groups is 1. The van der Waals surface area contributed by atoms with E-state index in [9.17, 15) is 0 Å². The molecule has 0 bridgehead atoms. The zero-order chi connectivity index (χ0) is 16.3. The van der Waals surface area contributed by atoms with Gasteiger partial charge < -0.3 is 15.4 Å². The summed E-state index contributed by atoms with van der Waals surface area (Å²) in [5.74, 6) is 0.877. The number of methoxy groups -OCH3 is 1. The Morgan fingerprint density at radius 3 is 2.24 bits per heavy atom. The molecule has 0 heterocycles. The molecule has 0 radical (unpaired) electrons. The highest BCUT2D eigenvalue weighted by molar-refractivity contribution is 5.80. The predicted molar refractivity (Wildman–Crippen MR) is 92.0 cm³/mol. The second-order valence-corrected chi connectivity index (χ2v) is 6.04. The molecule has 0 aliphatic carbocycles. The molecule has 0 aromatic heterocycles.